The van der Waals surface area contributed by atoms with E-state index in [0.29, 0.717) is 6.04 Å². The first-order valence-electron chi connectivity index (χ1n) is 5.66. The molecule has 3 heteroatoms. The van der Waals surface area contributed by atoms with E-state index in [-0.39, 0.29) is 5.91 Å². The highest BCUT2D eigenvalue weighted by atomic mass is 32.1. The summed E-state index contributed by atoms with van der Waals surface area (Å²) >= 11 is 1.70. The molecule has 1 fully saturated rings. The van der Waals surface area contributed by atoms with Gasteiger partial charge in [-0.05, 0) is 49.1 Å². The first-order chi connectivity index (χ1) is 7.68. The monoisotopic (exact) mass is 235 g/mol. The summed E-state index contributed by atoms with van der Waals surface area (Å²) in [6.07, 6.45) is 3.95. The zero-order chi connectivity index (χ0) is 11.5. The minimum absolute atomic E-state index is 0.161. The fourth-order valence-electron chi connectivity index (χ4n) is 2.17. The molecule has 0 saturated carbocycles. The van der Waals surface area contributed by atoms with Crippen molar-refractivity contribution in [2.24, 2.45) is 0 Å². The number of carbonyl (C=O) groups is 1. The molecular formula is C13H17NOS. The summed E-state index contributed by atoms with van der Waals surface area (Å²) in [6.45, 7) is 4.82. The summed E-state index contributed by atoms with van der Waals surface area (Å²) in [5, 5.41) is 4.23. The Hall–Kier alpha value is -1.09. The van der Waals surface area contributed by atoms with Crippen LogP contribution in [0.15, 0.2) is 28.5 Å². The number of carbonyl (C=O) groups excluding carboxylic acids is 1. The summed E-state index contributed by atoms with van der Waals surface area (Å²) in [5.41, 5.74) is 2.36. The molecule has 1 amide bonds. The van der Waals surface area contributed by atoms with Crippen LogP contribution in [0.3, 0.4) is 0 Å². The Morgan fingerprint density at radius 1 is 1.56 bits per heavy atom. The van der Waals surface area contributed by atoms with E-state index in [2.05, 4.69) is 16.8 Å². The number of hydrogen-bond acceptors (Lipinski definition) is 2. The van der Waals surface area contributed by atoms with Gasteiger partial charge in [0.15, 0.2) is 0 Å². The molecule has 0 spiro atoms. The predicted octanol–water partition coefficient (Wildman–Crippen LogP) is 3.38. The van der Waals surface area contributed by atoms with E-state index < -0.39 is 0 Å². The van der Waals surface area contributed by atoms with Crippen molar-refractivity contribution in [3.63, 3.8) is 0 Å². The van der Waals surface area contributed by atoms with Crippen LogP contribution in [0.5, 0.6) is 0 Å². The lowest BCUT2D eigenvalue weighted by Crippen LogP contribution is -2.28. The molecule has 2 nitrogen and oxygen atoms in total. The third kappa shape index (κ3) is 2.35. The second-order valence-electron chi connectivity index (χ2n) is 4.47. The number of allylic oxidation sites excluding steroid dienone is 1. The lowest BCUT2D eigenvalue weighted by Gasteiger charge is -2.23. The molecule has 1 aromatic rings. The van der Waals surface area contributed by atoms with E-state index >= 15 is 0 Å². The van der Waals surface area contributed by atoms with Crippen molar-refractivity contribution < 1.29 is 4.79 Å². The van der Waals surface area contributed by atoms with Gasteiger partial charge in [0.1, 0.15) is 0 Å². The number of likely N-dealkylation sites (tertiary alicyclic amines) is 1. The number of rotatable bonds is 2. The van der Waals surface area contributed by atoms with Crippen molar-refractivity contribution in [2.45, 2.75) is 32.7 Å². The van der Waals surface area contributed by atoms with Gasteiger partial charge in [-0.1, -0.05) is 5.57 Å². The lowest BCUT2D eigenvalue weighted by molar-refractivity contribution is -0.126. The molecule has 0 radical (unpaired) electrons. The van der Waals surface area contributed by atoms with Crippen molar-refractivity contribution in [1.82, 2.24) is 4.90 Å². The Morgan fingerprint density at radius 2 is 2.38 bits per heavy atom. The van der Waals surface area contributed by atoms with Gasteiger partial charge in [0.25, 0.3) is 0 Å². The maximum atomic E-state index is 12.0. The average molecular weight is 235 g/mol. The van der Waals surface area contributed by atoms with Crippen LogP contribution in [0.2, 0.25) is 0 Å². The van der Waals surface area contributed by atoms with Crippen LogP contribution in [-0.4, -0.2) is 17.4 Å². The molecule has 2 heterocycles. The van der Waals surface area contributed by atoms with E-state index in [1.54, 1.807) is 17.4 Å². The molecule has 2 rings (SSSR count). The fourth-order valence-corrected chi connectivity index (χ4v) is 2.88. The quantitative estimate of drug-likeness (QED) is 0.720. The molecule has 0 bridgehead atoms. The normalized spacial score (nSPS) is 19.9. The van der Waals surface area contributed by atoms with Gasteiger partial charge in [0.2, 0.25) is 5.91 Å². The van der Waals surface area contributed by atoms with Crippen LogP contribution in [0, 0.1) is 0 Å². The largest absolute Gasteiger partial charge is 0.332 e. The molecule has 1 aliphatic heterocycles. The summed E-state index contributed by atoms with van der Waals surface area (Å²) in [6, 6.07) is 2.43. The zero-order valence-electron chi connectivity index (χ0n) is 9.77. The molecular weight excluding hydrogens is 218 g/mol. The van der Waals surface area contributed by atoms with Crippen LogP contribution in [0.4, 0.5) is 0 Å². The van der Waals surface area contributed by atoms with Crippen molar-refractivity contribution in [3.05, 3.63) is 34.0 Å². The first kappa shape index (κ1) is 11.4. The Kier molecular flexibility index (Phi) is 3.44. The average Bonchev–Trinajstić information content (AvgIpc) is 2.87. The first-order valence-corrected chi connectivity index (χ1v) is 6.60. The molecule has 0 N–H and O–H groups in total. The van der Waals surface area contributed by atoms with Crippen molar-refractivity contribution in [1.29, 1.82) is 0 Å². The summed E-state index contributed by atoms with van der Waals surface area (Å²) in [7, 11) is 0. The molecule has 1 atom stereocenters. The van der Waals surface area contributed by atoms with E-state index in [1.165, 1.54) is 5.56 Å². The number of nitrogens with zero attached hydrogens (tertiary/aromatic N) is 1. The fraction of sp³-hybridized carbons (Fsp3) is 0.462. The highest BCUT2D eigenvalue weighted by Crippen LogP contribution is 2.33. The molecule has 1 saturated heterocycles. The number of amides is 1. The lowest BCUT2D eigenvalue weighted by atomic mass is 10.1. The standard InChI is InChI=1S/C13H17NOS/c1-10(2)8-13(15)14-6-3-4-12(14)11-5-7-16-9-11/h5,7-9,12H,3-4,6H2,1-2H3/t12-/m0/s1. The highest BCUT2D eigenvalue weighted by Gasteiger charge is 2.28. The van der Waals surface area contributed by atoms with Crippen LogP contribution in [0.25, 0.3) is 0 Å². The zero-order valence-corrected chi connectivity index (χ0v) is 10.6. The van der Waals surface area contributed by atoms with E-state index in [1.807, 2.05) is 18.7 Å². The Labute approximate surface area is 101 Å². The van der Waals surface area contributed by atoms with Crippen molar-refractivity contribution >= 4 is 17.2 Å². The van der Waals surface area contributed by atoms with Gasteiger partial charge < -0.3 is 4.90 Å². The predicted molar refractivity (Wildman–Crippen MR) is 67.4 cm³/mol. The summed E-state index contributed by atoms with van der Waals surface area (Å²) < 4.78 is 0. The second kappa shape index (κ2) is 4.83. The molecule has 0 aliphatic carbocycles. The van der Waals surface area contributed by atoms with Gasteiger partial charge >= 0.3 is 0 Å². The Morgan fingerprint density at radius 3 is 3.00 bits per heavy atom. The number of hydrogen-bond donors (Lipinski definition) is 0. The molecule has 16 heavy (non-hydrogen) atoms. The summed E-state index contributed by atoms with van der Waals surface area (Å²) in [4.78, 5) is 14.0. The van der Waals surface area contributed by atoms with Crippen LogP contribution in [0.1, 0.15) is 38.3 Å². The van der Waals surface area contributed by atoms with Crippen molar-refractivity contribution in [3.8, 4) is 0 Å². The molecule has 1 aliphatic rings. The third-order valence-corrected chi connectivity index (χ3v) is 3.58. The molecule has 1 aromatic heterocycles. The minimum atomic E-state index is 0.161. The van der Waals surface area contributed by atoms with E-state index in [4.69, 9.17) is 0 Å². The summed E-state index contributed by atoms with van der Waals surface area (Å²) in [5.74, 6) is 0.161. The van der Waals surface area contributed by atoms with Crippen LogP contribution >= 0.6 is 11.3 Å². The van der Waals surface area contributed by atoms with E-state index in [0.717, 1.165) is 25.0 Å². The molecule has 86 valence electrons. The topological polar surface area (TPSA) is 20.3 Å². The second-order valence-corrected chi connectivity index (χ2v) is 5.25. The van der Waals surface area contributed by atoms with Gasteiger partial charge in [-0.2, -0.15) is 11.3 Å². The highest BCUT2D eigenvalue weighted by molar-refractivity contribution is 7.07. The van der Waals surface area contributed by atoms with Gasteiger partial charge in [-0.25, -0.2) is 0 Å². The van der Waals surface area contributed by atoms with Gasteiger partial charge in [0.05, 0.1) is 6.04 Å². The van der Waals surface area contributed by atoms with Gasteiger partial charge in [-0.15, -0.1) is 0 Å². The maximum absolute atomic E-state index is 12.0. The SMILES string of the molecule is CC(C)=CC(=O)N1CCC[C@H]1c1ccsc1. The van der Waals surface area contributed by atoms with Gasteiger partial charge in [0, 0.05) is 12.6 Å². The minimum Gasteiger partial charge on any atom is -0.332 e. The van der Waals surface area contributed by atoms with Crippen LogP contribution in [-0.2, 0) is 4.79 Å². The van der Waals surface area contributed by atoms with Crippen LogP contribution < -0.4 is 0 Å². The Bertz CT molecular complexity index is 390. The maximum Gasteiger partial charge on any atom is 0.246 e. The Balaban J connectivity index is 2.15. The molecule has 0 unspecified atom stereocenters. The third-order valence-electron chi connectivity index (χ3n) is 2.88. The van der Waals surface area contributed by atoms with Crippen molar-refractivity contribution in [2.75, 3.05) is 6.54 Å². The van der Waals surface area contributed by atoms with E-state index in [9.17, 15) is 4.79 Å². The number of thiophene rings is 1. The van der Waals surface area contributed by atoms with Gasteiger partial charge in [-0.3, -0.25) is 4.79 Å². The molecule has 0 aromatic carbocycles. The smallest absolute Gasteiger partial charge is 0.246 e.